The van der Waals surface area contributed by atoms with Crippen molar-refractivity contribution in [3.8, 4) is 5.75 Å². The molecule has 25 heavy (non-hydrogen) atoms. The van der Waals surface area contributed by atoms with Crippen molar-refractivity contribution < 1.29 is 14.3 Å². The van der Waals surface area contributed by atoms with Gasteiger partial charge in [-0.2, -0.15) is 0 Å². The predicted octanol–water partition coefficient (Wildman–Crippen LogP) is 3.91. The molecule has 0 saturated carbocycles. The molecule has 1 aliphatic rings. The van der Waals surface area contributed by atoms with Gasteiger partial charge >= 0.3 is 0 Å². The second-order valence-electron chi connectivity index (χ2n) is 6.17. The monoisotopic (exact) mass is 386 g/mol. The lowest BCUT2D eigenvalue weighted by Gasteiger charge is -2.32. The van der Waals surface area contributed by atoms with E-state index in [1.165, 1.54) is 7.11 Å². The Morgan fingerprint density at radius 1 is 1.24 bits per heavy atom. The van der Waals surface area contributed by atoms with E-state index >= 15 is 0 Å². The van der Waals surface area contributed by atoms with Crippen molar-refractivity contribution >= 4 is 35.0 Å². The van der Waals surface area contributed by atoms with Crippen molar-refractivity contribution in [2.24, 2.45) is 0 Å². The van der Waals surface area contributed by atoms with E-state index in [-0.39, 0.29) is 29.2 Å². The van der Waals surface area contributed by atoms with Gasteiger partial charge in [-0.3, -0.25) is 9.59 Å². The molecule has 5 nitrogen and oxygen atoms in total. The zero-order chi connectivity index (χ0) is 18.4. The van der Waals surface area contributed by atoms with Crippen molar-refractivity contribution in [2.45, 2.75) is 45.1 Å². The molecule has 2 rings (SSSR count). The first kappa shape index (κ1) is 19.9. The van der Waals surface area contributed by atoms with Crippen molar-refractivity contribution in [3.63, 3.8) is 0 Å². The van der Waals surface area contributed by atoms with Crippen molar-refractivity contribution in [3.05, 3.63) is 27.7 Å². The Hall–Kier alpha value is -1.46. The molecule has 1 fully saturated rings. The number of halogens is 2. The smallest absolute Gasteiger partial charge is 0.256 e. The van der Waals surface area contributed by atoms with E-state index in [0.29, 0.717) is 29.6 Å². The van der Waals surface area contributed by atoms with E-state index < -0.39 is 0 Å². The molecule has 138 valence electrons. The Labute approximate surface area is 158 Å². The number of hydrogen-bond acceptors (Lipinski definition) is 3. The van der Waals surface area contributed by atoms with Crippen LogP contribution < -0.4 is 10.1 Å². The van der Waals surface area contributed by atoms with E-state index in [2.05, 4.69) is 12.2 Å². The number of carbonyl (C=O) groups excluding carboxylic acids is 2. The van der Waals surface area contributed by atoms with Gasteiger partial charge in [0, 0.05) is 25.6 Å². The number of rotatable bonds is 6. The molecule has 0 spiro atoms. The molecule has 1 N–H and O–H groups in total. The molecule has 0 aliphatic carbocycles. The lowest BCUT2D eigenvalue weighted by Crippen LogP contribution is -2.46. The minimum absolute atomic E-state index is 0.00230. The van der Waals surface area contributed by atoms with Gasteiger partial charge in [-0.1, -0.05) is 36.5 Å². The summed E-state index contributed by atoms with van der Waals surface area (Å²) in [5.41, 5.74) is 0.248. The van der Waals surface area contributed by atoms with E-state index in [0.717, 1.165) is 25.7 Å². The molecule has 0 bridgehead atoms. The third-order valence-corrected chi connectivity index (χ3v) is 5.03. The lowest BCUT2D eigenvalue weighted by atomic mass is 10.0. The van der Waals surface area contributed by atoms with Crippen LogP contribution in [0, 0.1) is 0 Å². The number of hydrogen-bond donors (Lipinski definition) is 1. The zero-order valence-electron chi connectivity index (χ0n) is 14.6. The van der Waals surface area contributed by atoms with Crippen LogP contribution in [-0.4, -0.2) is 43.0 Å². The number of piperidine rings is 1. The molecule has 1 aliphatic heterocycles. The normalized spacial score (nSPS) is 15.1. The summed E-state index contributed by atoms with van der Waals surface area (Å²) >= 11 is 12.2. The maximum Gasteiger partial charge on any atom is 0.256 e. The third-order valence-electron chi connectivity index (χ3n) is 4.42. The minimum Gasteiger partial charge on any atom is -0.494 e. The fraction of sp³-hybridized carbons (Fsp3) is 0.556. The Morgan fingerprint density at radius 2 is 1.88 bits per heavy atom. The number of amides is 2. The summed E-state index contributed by atoms with van der Waals surface area (Å²) in [6, 6.07) is 3.18. The summed E-state index contributed by atoms with van der Waals surface area (Å²) in [7, 11) is 1.45. The SMILES string of the molecule is CCCCC(=O)N1CCC(NC(=O)c2c(Cl)ccc(Cl)c2OC)CC1. The van der Waals surface area contributed by atoms with Crippen LogP contribution in [0.15, 0.2) is 12.1 Å². The number of methoxy groups -OCH3 is 1. The Bertz CT molecular complexity index is 629. The number of ether oxygens (including phenoxy) is 1. The fourth-order valence-electron chi connectivity index (χ4n) is 2.96. The summed E-state index contributed by atoms with van der Waals surface area (Å²) in [5.74, 6) is 0.171. The average molecular weight is 387 g/mol. The van der Waals surface area contributed by atoms with Gasteiger partial charge in [-0.25, -0.2) is 0 Å². The van der Waals surface area contributed by atoms with Crippen LogP contribution in [-0.2, 0) is 4.79 Å². The first-order chi connectivity index (χ1) is 12.0. The number of nitrogens with one attached hydrogen (secondary N) is 1. The van der Waals surface area contributed by atoms with Crippen molar-refractivity contribution in [2.75, 3.05) is 20.2 Å². The molecule has 1 aromatic rings. The van der Waals surface area contributed by atoms with E-state index in [4.69, 9.17) is 27.9 Å². The molecular formula is C18H24Cl2N2O3. The topological polar surface area (TPSA) is 58.6 Å². The first-order valence-electron chi connectivity index (χ1n) is 8.58. The molecular weight excluding hydrogens is 363 g/mol. The quantitative estimate of drug-likeness (QED) is 0.805. The molecule has 1 saturated heterocycles. The van der Waals surface area contributed by atoms with Crippen LogP contribution in [0.4, 0.5) is 0 Å². The van der Waals surface area contributed by atoms with Gasteiger partial charge in [0.25, 0.3) is 5.91 Å². The molecule has 0 unspecified atom stereocenters. The fourth-order valence-corrected chi connectivity index (χ4v) is 3.43. The molecule has 0 aromatic heterocycles. The predicted molar refractivity (Wildman–Crippen MR) is 99.6 cm³/mol. The Kier molecular flexibility index (Phi) is 7.38. The maximum absolute atomic E-state index is 12.6. The van der Waals surface area contributed by atoms with Gasteiger partial charge in [0.1, 0.15) is 5.56 Å². The van der Waals surface area contributed by atoms with Crippen LogP contribution in [0.2, 0.25) is 10.0 Å². The van der Waals surface area contributed by atoms with Gasteiger partial charge in [0.2, 0.25) is 5.91 Å². The number of unbranched alkanes of at least 4 members (excludes halogenated alkanes) is 1. The number of nitrogens with zero attached hydrogens (tertiary/aromatic N) is 1. The van der Waals surface area contributed by atoms with Gasteiger partial charge < -0.3 is 15.0 Å². The number of carbonyl (C=O) groups is 2. The van der Waals surface area contributed by atoms with E-state index in [9.17, 15) is 9.59 Å². The molecule has 2 amide bonds. The highest BCUT2D eigenvalue weighted by Gasteiger charge is 2.26. The Morgan fingerprint density at radius 3 is 2.48 bits per heavy atom. The summed E-state index contributed by atoms with van der Waals surface area (Å²) in [4.78, 5) is 26.6. The highest BCUT2D eigenvalue weighted by atomic mass is 35.5. The van der Waals surface area contributed by atoms with Crippen LogP contribution >= 0.6 is 23.2 Å². The van der Waals surface area contributed by atoms with Crippen LogP contribution in [0.1, 0.15) is 49.4 Å². The zero-order valence-corrected chi connectivity index (χ0v) is 16.1. The van der Waals surface area contributed by atoms with Crippen LogP contribution in [0.5, 0.6) is 5.75 Å². The lowest BCUT2D eigenvalue weighted by molar-refractivity contribution is -0.132. The number of likely N-dealkylation sites (tertiary alicyclic amines) is 1. The van der Waals surface area contributed by atoms with E-state index in [1.54, 1.807) is 12.1 Å². The molecule has 1 heterocycles. The average Bonchev–Trinajstić information content (AvgIpc) is 2.61. The molecule has 0 atom stereocenters. The largest absolute Gasteiger partial charge is 0.494 e. The molecule has 7 heteroatoms. The van der Waals surface area contributed by atoms with E-state index in [1.807, 2.05) is 4.90 Å². The summed E-state index contributed by atoms with van der Waals surface area (Å²) < 4.78 is 5.22. The van der Waals surface area contributed by atoms with Crippen molar-refractivity contribution in [1.29, 1.82) is 0 Å². The summed E-state index contributed by atoms with van der Waals surface area (Å²) in [6.07, 6.45) is 3.99. The first-order valence-corrected chi connectivity index (χ1v) is 9.34. The summed E-state index contributed by atoms with van der Waals surface area (Å²) in [5, 5.41) is 3.62. The van der Waals surface area contributed by atoms with Crippen molar-refractivity contribution in [1.82, 2.24) is 10.2 Å². The molecule has 0 radical (unpaired) electrons. The second kappa shape index (κ2) is 9.30. The summed E-state index contributed by atoms with van der Waals surface area (Å²) in [6.45, 7) is 3.39. The maximum atomic E-state index is 12.6. The van der Waals surface area contributed by atoms with Crippen LogP contribution in [0.25, 0.3) is 0 Å². The van der Waals surface area contributed by atoms with Gasteiger partial charge in [-0.05, 0) is 31.4 Å². The highest BCUT2D eigenvalue weighted by Crippen LogP contribution is 2.33. The van der Waals surface area contributed by atoms with Gasteiger partial charge in [0.05, 0.1) is 17.2 Å². The van der Waals surface area contributed by atoms with Gasteiger partial charge in [0.15, 0.2) is 5.75 Å². The highest BCUT2D eigenvalue weighted by molar-refractivity contribution is 6.37. The number of benzene rings is 1. The second-order valence-corrected chi connectivity index (χ2v) is 6.98. The standard InChI is InChI=1S/C18H24Cl2N2O3/c1-3-4-5-15(23)22-10-8-12(9-11-22)21-18(24)16-13(19)6-7-14(20)17(16)25-2/h6-7,12H,3-5,8-11H2,1-2H3,(H,21,24). The van der Waals surface area contributed by atoms with Gasteiger partial charge in [-0.15, -0.1) is 0 Å². The Balaban J connectivity index is 1.95. The minimum atomic E-state index is -0.305. The molecule has 1 aromatic carbocycles. The van der Waals surface area contributed by atoms with Crippen LogP contribution in [0.3, 0.4) is 0 Å². The third kappa shape index (κ3) is 5.02.